The smallest absolute Gasteiger partial charge is 0.123 e. The van der Waals surface area contributed by atoms with Crippen molar-refractivity contribution in [3.05, 3.63) is 34.1 Å². The average Bonchev–Trinajstić information content (AvgIpc) is 2.22. The molecule has 0 aliphatic carbocycles. The van der Waals surface area contributed by atoms with Crippen molar-refractivity contribution in [1.82, 2.24) is 5.32 Å². The van der Waals surface area contributed by atoms with Crippen molar-refractivity contribution in [1.29, 1.82) is 0 Å². The fourth-order valence-electron chi connectivity index (χ4n) is 1.79. The minimum Gasteiger partial charge on any atom is -0.319 e. The van der Waals surface area contributed by atoms with Crippen LogP contribution in [-0.2, 0) is 6.42 Å². The molecule has 0 fully saturated rings. The SMILES string of the molecule is CNCC(Cc1cc(F)ccc1Br)C(C)C. The van der Waals surface area contributed by atoms with Gasteiger partial charge in [-0.3, -0.25) is 0 Å². The van der Waals surface area contributed by atoms with Crippen LogP contribution in [0, 0.1) is 17.7 Å². The van der Waals surface area contributed by atoms with E-state index in [9.17, 15) is 4.39 Å². The second-order valence-electron chi connectivity index (χ2n) is 4.50. The van der Waals surface area contributed by atoms with Crippen LogP contribution in [0.2, 0.25) is 0 Å². The largest absolute Gasteiger partial charge is 0.319 e. The van der Waals surface area contributed by atoms with E-state index in [0.717, 1.165) is 23.0 Å². The van der Waals surface area contributed by atoms with Crippen LogP contribution in [0.15, 0.2) is 22.7 Å². The fraction of sp³-hybridized carbons (Fsp3) is 0.538. The molecule has 0 saturated heterocycles. The highest BCUT2D eigenvalue weighted by Gasteiger charge is 2.15. The lowest BCUT2D eigenvalue weighted by molar-refractivity contribution is 0.369. The number of rotatable bonds is 5. The van der Waals surface area contributed by atoms with Crippen LogP contribution in [0.4, 0.5) is 4.39 Å². The van der Waals surface area contributed by atoms with Gasteiger partial charge >= 0.3 is 0 Å². The van der Waals surface area contributed by atoms with Gasteiger partial charge in [-0.05, 0) is 55.6 Å². The summed E-state index contributed by atoms with van der Waals surface area (Å²) >= 11 is 3.47. The number of benzene rings is 1. The maximum absolute atomic E-state index is 13.1. The van der Waals surface area contributed by atoms with Crippen molar-refractivity contribution in [2.45, 2.75) is 20.3 Å². The van der Waals surface area contributed by atoms with E-state index in [1.165, 1.54) is 6.07 Å². The van der Waals surface area contributed by atoms with E-state index < -0.39 is 0 Å². The molecule has 1 nitrogen and oxygen atoms in total. The monoisotopic (exact) mass is 287 g/mol. The van der Waals surface area contributed by atoms with Gasteiger partial charge in [-0.15, -0.1) is 0 Å². The van der Waals surface area contributed by atoms with Gasteiger partial charge in [-0.25, -0.2) is 4.39 Å². The summed E-state index contributed by atoms with van der Waals surface area (Å²) in [7, 11) is 1.95. The van der Waals surface area contributed by atoms with Gasteiger partial charge in [0.1, 0.15) is 5.82 Å². The van der Waals surface area contributed by atoms with Crippen LogP contribution < -0.4 is 5.32 Å². The van der Waals surface area contributed by atoms with Crippen molar-refractivity contribution in [2.75, 3.05) is 13.6 Å². The quantitative estimate of drug-likeness (QED) is 0.872. The predicted molar refractivity (Wildman–Crippen MR) is 70.1 cm³/mol. The third-order valence-electron chi connectivity index (χ3n) is 2.90. The van der Waals surface area contributed by atoms with Crippen LogP contribution in [0.1, 0.15) is 19.4 Å². The van der Waals surface area contributed by atoms with Crippen LogP contribution in [-0.4, -0.2) is 13.6 Å². The number of nitrogens with one attached hydrogen (secondary N) is 1. The molecule has 1 aromatic rings. The number of hydrogen-bond acceptors (Lipinski definition) is 1. The molecule has 1 atom stereocenters. The summed E-state index contributed by atoms with van der Waals surface area (Å²) in [6.45, 7) is 5.37. The molecule has 0 aromatic heterocycles. The minimum atomic E-state index is -0.162. The van der Waals surface area contributed by atoms with E-state index in [1.807, 2.05) is 7.05 Å². The Labute approximate surface area is 106 Å². The summed E-state index contributed by atoms with van der Waals surface area (Å²) in [5.41, 5.74) is 1.05. The van der Waals surface area contributed by atoms with Gasteiger partial charge in [0.2, 0.25) is 0 Å². The second-order valence-corrected chi connectivity index (χ2v) is 5.36. The highest BCUT2D eigenvalue weighted by atomic mass is 79.9. The average molecular weight is 288 g/mol. The Morgan fingerprint density at radius 2 is 2.06 bits per heavy atom. The molecule has 0 aliphatic rings. The van der Waals surface area contributed by atoms with E-state index in [4.69, 9.17) is 0 Å². The molecular formula is C13H19BrFN. The fourth-order valence-corrected chi connectivity index (χ4v) is 2.20. The second kappa shape index (κ2) is 6.36. The Kier molecular flexibility index (Phi) is 5.42. The summed E-state index contributed by atoms with van der Waals surface area (Å²) in [6, 6.07) is 4.88. The number of hydrogen-bond donors (Lipinski definition) is 1. The Balaban J connectivity index is 2.80. The Bertz CT molecular complexity index is 339. The van der Waals surface area contributed by atoms with Gasteiger partial charge in [-0.1, -0.05) is 29.8 Å². The minimum absolute atomic E-state index is 0.162. The zero-order chi connectivity index (χ0) is 12.1. The highest BCUT2D eigenvalue weighted by molar-refractivity contribution is 9.10. The molecule has 3 heteroatoms. The van der Waals surface area contributed by atoms with Crippen LogP contribution in [0.3, 0.4) is 0 Å². The molecule has 0 radical (unpaired) electrons. The zero-order valence-electron chi connectivity index (χ0n) is 10.1. The summed E-state index contributed by atoms with van der Waals surface area (Å²) in [5, 5.41) is 3.19. The van der Waals surface area contributed by atoms with Gasteiger partial charge in [0, 0.05) is 4.47 Å². The summed E-state index contributed by atoms with van der Waals surface area (Å²) in [6.07, 6.45) is 0.900. The summed E-state index contributed by atoms with van der Waals surface area (Å²) in [4.78, 5) is 0. The van der Waals surface area contributed by atoms with Crippen LogP contribution in [0.5, 0.6) is 0 Å². The molecule has 0 amide bonds. The van der Waals surface area contributed by atoms with E-state index in [1.54, 1.807) is 12.1 Å². The third kappa shape index (κ3) is 3.87. The first kappa shape index (κ1) is 13.7. The third-order valence-corrected chi connectivity index (χ3v) is 3.67. The van der Waals surface area contributed by atoms with Crippen LogP contribution >= 0.6 is 15.9 Å². The molecular weight excluding hydrogens is 269 g/mol. The molecule has 1 rings (SSSR count). The molecule has 0 bridgehead atoms. The van der Waals surface area contributed by atoms with Gasteiger partial charge in [0.25, 0.3) is 0 Å². The van der Waals surface area contributed by atoms with E-state index in [2.05, 4.69) is 35.1 Å². The Morgan fingerprint density at radius 3 is 2.62 bits per heavy atom. The van der Waals surface area contributed by atoms with Crippen LogP contribution in [0.25, 0.3) is 0 Å². The molecule has 0 aliphatic heterocycles. The zero-order valence-corrected chi connectivity index (χ0v) is 11.6. The molecule has 90 valence electrons. The molecule has 1 N–H and O–H groups in total. The molecule has 0 spiro atoms. The van der Waals surface area contributed by atoms with Crippen molar-refractivity contribution in [3.63, 3.8) is 0 Å². The van der Waals surface area contributed by atoms with Gasteiger partial charge in [0.05, 0.1) is 0 Å². The first-order chi connectivity index (χ1) is 7.54. The standard InChI is InChI=1S/C13H19BrFN/c1-9(2)11(8-16-3)6-10-7-12(15)4-5-13(10)14/h4-5,7,9,11,16H,6,8H2,1-3H3. The normalized spacial score (nSPS) is 13.1. The van der Waals surface area contributed by atoms with Crippen molar-refractivity contribution in [2.24, 2.45) is 11.8 Å². The lowest BCUT2D eigenvalue weighted by atomic mass is 9.89. The van der Waals surface area contributed by atoms with E-state index >= 15 is 0 Å². The first-order valence-electron chi connectivity index (χ1n) is 5.63. The summed E-state index contributed by atoms with van der Waals surface area (Å²) < 4.78 is 14.1. The lowest BCUT2D eigenvalue weighted by Crippen LogP contribution is -2.25. The Hall–Kier alpha value is -0.410. The summed E-state index contributed by atoms with van der Waals surface area (Å²) in [5.74, 6) is 0.955. The van der Waals surface area contributed by atoms with Crippen molar-refractivity contribution in [3.8, 4) is 0 Å². The van der Waals surface area contributed by atoms with Gasteiger partial charge < -0.3 is 5.32 Å². The highest BCUT2D eigenvalue weighted by Crippen LogP contribution is 2.24. The van der Waals surface area contributed by atoms with Gasteiger partial charge in [0.15, 0.2) is 0 Å². The topological polar surface area (TPSA) is 12.0 Å². The van der Waals surface area contributed by atoms with Crippen molar-refractivity contribution >= 4 is 15.9 Å². The Morgan fingerprint density at radius 1 is 1.38 bits per heavy atom. The molecule has 1 unspecified atom stereocenters. The lowest BCUT2D eigenvalue weighted by Gasteiger charge is -2.21. The van der Waals surface area contributed by atoms with E-state index in [-0.39, 0.29) is 5.82 Å². The maximum Gasteiger partial charge on any atom is 0.123 e. The molecule has 0 saturated carbocycles. The van der Waals surface area contributed by atoms with Gasteiger partial charge in [-0.2, -0.15) is 0 Å². The predicted octanol–water partition coefficient (Wildman–Crippen LogP) is 3.62. The van der Waals surface area contributed by atoms with E-state index in [0.29, 0.717) is 11.8 Å². The van der Waals surface area contributed by atoms with Crippen molar-refractivity contribution < 1.29 is 4.39 Å². The number of halogens is 2. The molecule has 0 heterocycles. The molecule has 16 heavy (non-hydrogen) atoms. The maximum atomic E-state index is 13.1. The molecule has 1 aromatic carbocycles. The first-order valence-corrected chi connectivity index (χ1v) is 6.42.